The molecule has 0 fully saturated rings. The van der Waals surface area contributed by atoms with Crippen LogP contribution >= 0.6 is 0 Å². The summed E-state index contributed by atoms with van der Waals surface area (Å²) < 4.78 is 5.60. The Bertz CT molecular complexity index is 520. The van der Waals surface area contributed by atoms with Crippen LogP contribution in [0.15, 0.2) is 48.5 Å². The second-order valence-electron chi connectivity index (χ2n) is 4.77. The number of aliphatic hydroxyl groups excluding tert-OH is 1. The van der Waals surface area contributed by atoms with Crippen molar-refractivity contribution in [2.75, 3.05) is 6.61 Å². The number of hydrogen-bond donors (Lipinski definition) is 2. The molecular weight excluding hydrogens is 250 g/mol. The van der Waals surface area contributed by atoms with E-state index in [1.54, 1.807) is 0 Å². The van der Waals surface area contributed by atoms with Gasteiger partial charge in [-0.3, -0.25) is 0 Å². The average Bonchev–Trinajstić information content (AvgIpc) is 2.53. The van der Waals surface area contributed by atoms with E-state index in [0.29, 0.717) is 6.54 Å². The zero-order valence-corrected chi connectivity index (χ0v) is 11.8. The van der Waals surface area contributed by atoms with Crippen LogP contribution in [0.5, 0.6) is 5.75 Å². The van der Waals surface area contributed by atoms with Crippen LogP contribution in [0, 0.1) is 0 Å². The summed E-state index contributed by atoms with van der Waals surface area (Å²) in [5.74, 6) is 0.778. The topological polar surface area (TPSA) is 55.5 Å². The minimum absolute atomic E-state index is 0.243. The molecule has 0 saturated carbocycles. The maximum Gasteiger partial charge on any atom is 0.119 e. The van der Waals surface area contributed by atoms with Crippen LogP contribution < -0.4 is 10.5 Å². The highest BCUT2D eigenvalue weighted by molar-refractivity contribution is 5.28. The number of benzene rings is 2. The number of rotatable bonds is 6. The molecule has 0 aliphatic rings. The Labute approximate surface area is 120 Å². The summed E-state index contributed by atoms with van der Waals surface area (Å²) in [4.78, 5) is 0. The number of aliphatic hydroxyl groups is 1. The summed E-state index contributed by atoms with van der Waals surface area (Å²) in [6.07, 6.45) is 0.379. The second-order valence-corrected chi connectivity index (χ2v) is 4.77. The molecule has 106 valence electrons. The van der Waals surface area contributed by atoms with Crippen molar-refractivity contribution in [2.45, 2.75) is 26.0 Å². The molecule has 1 unspecified atom stereocenters. The quantitative estimate of drug-likeness (QED) is 0.849. The lowest BCUT2D eigenvalue weighted by atomic mass is 10.1. The summed E-state index contributed by atoms with van der Waals surface area (Å²) in [7, 11) is 0. The van der Waals surface area contributed by atoms with Gasteiger partial charge in [0.2, 0.25) is 0 Å². The van der Waals surface area contributed by atoms with Crippen molar-refractivity contribution in [1.29, 1.82) is 0 Å². The Balaban J connectivity index is 1.91. The minimum Gasteiger partial charge on any atom is -0.491 e. The zero-order chi connectivity index (χ0) is 14.4. The molecular formula is C17H21NO2. The van der Waals surface area contributed by atoms with Gasteiger partial charge in [-0.25, -0.2) is 0 Å². The first-order valence-corrected chi connectivity index (χ1v) is 6.91. The third-order valence-electron chi connectivity index (χ3n) is 3.34. The first-order valence-electron chi connectivity index (χ1n) is 6.91. The molecule has 20 heavy (non-hydrogen) atoms. The summed E-state index contributed by atoms with van der Waals surface area (Å²) in [5.41, 5.74) is 8.71. The molecule has 3 N–H and O–H groups in total. The zero-order valence-electron chi connectivity index (χ0n) is 11.8. The number of aryl methyl sites for hydroxylation is 1. The molecule has 3 nitrogen and oxygen atoms in total. The van der Waals surface area contributed by atoms with Gasteiger partial charge in [-0.2, -0.15) is 0 Å². The lowest BCUT2D eigenvalue weighted by Crippen LogP contribution is -2.10. The molecule has 3 heteroatoms. The van der Waals surface area contributed by atoms with E-state index < -0.39 is 6.10 Å². The highest BCUT2D eigenvalue weighted by atomic mass is 16.5. The van der Waals surface area contributed by atoms with Crippen molar-refractivity contribution in [3.05, 3.63) is 65.2 Å². The Morgan fingerprint density at radius 3 is 2.15 bits per heavy atom. The maximum atomic E-state index is 10.1. The Morgan fingerprint density at radius 1 is 1.00 bits per heavy atom. The smallest absolute Gasteiger partial charge is 0.119 e. The molecule has 0 amide bonds. The summed E-state index contributed by atoms with van der Waals surface area (Å²) in [5, 5.41) is 10.1. The van der Waals surface area contributed by atoms with Gasteiger partial charge in [0.25, 0.3) is 0 Å². The third kappa shape index (κ3) is 3.83. The van der Waals surface area contributed by atoms with E-state index in [2.05, 4.69) is 6.92 Å². The number of nitrogens with two attached hydrogens (primary N) is 1. The van der Waals surface area contributed by atoms with E-state index in [1.165, 1.54) is 5.56 Å². The molecule has 0 bridgehead atoms. The fourth-order valence-corrected chi connectivity index (χ4v) is 1.97. The van der Waals surface area contributed by atoms with Gasteiger partial charge in [-0.1, -0.05) is 43.3 Å². The molecule has 2 aromatic rings. The van der Waals surface area contributed by atoms with Crippen LogP contribution in [0.3, 0.4) is 0 Å². The fraction of sp³-hybridized carbons (Fsp3) is 0.294. The molecule has 2 rings (SSSR count). The van der Waals surface area contributed by atoms with Crippen LogP contribution in [0.4, 0.5) is 0 Å². The molecule has 0 saturated heterocycles. The van der Waals surface area contributed by atoms with Gasteiger partial charge in [-0.05, 0) is 35.2 Å². The summed E-state index contributed by atoms with van der Waals surface area (Å²) in [6.45, 7) is 2.87. The molecule has 0 aliphatic heterocycles. The number of hydrogen-bond acceptors (Lipinski definition) is 3. The van der Waals surface area contributed by atoms with Gasteiger partial charge in [0.05, 0.1) is 0 Å². The van der Waals surface area contributed by atoms with Gasteiger partial charge < -0.3 is 15.6 Å². The van der Waals surface area contributed by atoms with Crippen LogP contribution in [0.25, 0.3) is 0 Å². The van der Waals surface area contributed by atoms with Crippen molar-refractivity contribution in [1.82, 2.24) is 0 Å². The second kappa shape index (κ2) is 7.08. The first-order chi connectivity index (χ1) is 9.72. The van der Waals surface area contributed by atoms with Crippen molar-refractivity contribution >= 4 is 0 Å². The SMILES string of the molecule is CCc1ccc(OCC(O)c2ccc(CN)cc2)cc1. The Kier molecular flexibility index (Phi) is 5.16. The molecule has 0 spiro atoms. The molecule has 2 aromatic carbocycles. The fourth-order valence-electron chi connectivity index (χ4n) is 1.97. The average molecular weight is 271 g/mol. The molecule has 0 aromatic heterocycles. The highest BCUT2D eigenvalue weighted by Crippen LogP contribution is 2.17. The van der Waals surface area contributed by atoms with Gasteiger partial charge in [0, 0.05) is 6.54 Å². The van der Waals surface area contributed by atoms with Crippen LogP contribution in [0.1, 0.15) is 29.7 Å². The van der Waals surface area contributed by atoms with Crippen LogP contribution in [0.2, 0.25) is 0 Å². The molecule has 0 radical (unpaired) electrons. The molecule has 0 aliphatic carbocycles. The van der Waals surface area contributed by atoms with Crippen LogP contribution in [-0.4, -0.2) is 11.7 Å². The summed E-state index contributed by atoms with van der Waals surface area (Å²) in [6, 6.07) is 15.6. The van der Waals surface area contributed by atoms with Crippen LogP contribution in [-0.2, 0) is 13.0 Å². The van der Waals surface area contributed by atoms with E-state index in [4.69, 9.17) is 10.5 Å². The Hall–Kier alpha value is -1.84. The molecule has 1 atom stereocenters. The third-order valence-corrected chi connectivity index (χ3v) is 3.34. The van der Waals surface area contributed by atoms with Crippen molar-refractivity contribution in [3.8, 4) is 5.75 Å². The van der Waals surface area contributed by atoms with Gasteiger partial charge in [0.15, 0.2) is 0 Å². The van der Waals surface area contributed by atoms with Gasteiger partial charge >= 0.3 is 0 Å². The highest BCUT2D eigenvalue weighted by Gasteiger charge is 2.08. The summed E-state index contributed by atoms with van der Waals surface area (Å²) >= 11 is 0. The predicted octanol–water partition coefficient (Wildman–Crippen LogP) is 2.82. The number of ether oxygens (including phenoxy) is 1. The largest absolute Gasteiger partial charge is 0.491 e. The van der Waals surface area contributed by atoms with Crippen molar-refractivity contribution < 1.29 is 9.84 Å². The van der Waals surface area contributed by atoms with E-state index in [9.17, 15) is 5.11 Å². The normalized spacial score (nSPS) is 12.2. The molecule has 0 heterocycles. The van der Waals surface area contributed by atoms with E-state index in [0.717, 1.165) is 23.3 Å². The van der Waals surface area contributed by atoms with Gasteiger partial charge in [0.1, 0.15) is 18.5 Å². The Morgan fingerprint density at radius 2 is 1.60 bits per heavy atom. The maximum absolute atomic E-state index is 10.1. The standard InChI is InChI=1S/C17H21NO2/c1-2-13-5-9-16(10-6-13)20-12-17(19)15-7-3-14(11-18)4-8-15/h3-10,17,19H,2,11-12,18H2,1H3. The minimum atomic E-state index is -0.632. The van der Waals surface area contributed by atoms with Gasteiger partial charge in [-0.15, -0.1) is 0 Å². The van der Waals surface area contributed by atoms with E-state index in [1.807, 2.05) is 48.5 Å². The van der Waals surface area contributed by atoms with E-state index >= 15 is 0 Å². The first kappa shape index (κ1) is 14.6. The van der Waals surface area contributed by atoms with Crippen molar-refractivity contribution in [2.24, 2.45) is 5.73 Å². The lowest BCUT2D eigenvalue weighted by Gasteiger charge is -2.13. The lowest BCUT2D eigenvalue weighted by molar-refractivity contribution is 0.108. The monoisotopic (exact) mass is 271 g/mol. The van der Waals surface area contributed by atoms with Crippen molar-refractivity contribution in [3.63, 3.8) is 0 Å². The predicted molar refractivity (Wildman–Crippen MR) is 80.6 cm³/mol. The van der Waals surface area contributed by atoms with E-state index in [-0.39, 0.29) is 6.61 Å².